The van der Waals surface area contributed by atoms with E-state index in [1.54, 1.807) is 7.11 Å². The first-order valence-electron chi connectivity index (χ1n) is 9.25. The van der Waals surface area contributed by atoms with Crippen molar-refractivity contribution in [3.8, 4) is 5.75 Å². The third kappa shape index (κ3) is 4.82. The molecule has 0 spiro atoms. The summed E-state index contributed by atoms with van der Waals surface area (Å²) in [5, 5.41) is 0.496. The van der Waals surface area contributed by atoms with Gasteiger partial charge in [-0.1, -0.05) is 36.4 Å². The Morgan fingerprint density at radius 3 is 2.65 bits per heavy atom. The van der Waals surface area contributed by atoms with Crippen LogP contribution in [0, 0.1) is 6.92 Å². The maximum Gasteiger partial charge on any atom is 0.222 e. The molecule has 0 aliphatic carbocycles. The Bertz CT molecular complexity index is 729. The van der Waals surface area contributed by atoms with E-state index >= 15 is 0 Å². The summed E-state index contributed by atoms with van der Waals surface area (Å²) >= 11 is 1.98. The lowest BCUT2D eigenvalue weighted by Gasteiger charge is -2.21. The average molecular weight is 370 g/mol. The van der Waals surface area contributed by atoms with Gasteiger partial charge in [-0.15, -0.1) is 0 Å². The maximum atomic E-state index is 12.6. The lowest BCUT2D eigenvalue weighted by Crippen LogP contribution is -2.33. The predicted molar refractivity (Wildman–Crippen MR) is 109 cm³/mol. The largest absolute Gasteiger partial charge is 0.497 e. The molecule has 1 aliphatic rings. The molecule has 1 aliphatic heterocycles. The normalized spacial score (nSPS) is 17.6. The van der Waals surface area contributed by atoms with E-state index in [0.29, 0.717) is 11.7 Å². The Labute approximate surface area is 160 Å². The molecule has 0 aromatic heterocycles. The van der Waals surface area contributed by atoms with Crippen LogP contribution in [0.3, 0.4) is 0 Å². The van der Waals surface area contributed by atoms with Gasteiger partial charge >= 0.3 is 0 Å². The summed E-state index contributed by atoms with van der Waals surface area (Å²) < 4.78 is 5.18. The first-order valence-corrected chi connectivity index (χ1v) is 10.3. The van der Waals surface area contributed by atoms with E-state index in [-0.39, 0.29) is 5.91 Å². The van der Waals surface area contributed by atoms with Gasteiger partial charge in [0.2, 0.25) is 5.91 Å². The van der Waals surface area contributed by atoms with E-state index in [2.05, 4.69) is 36.1 Å². The lowest BCUT2D eigenvalue weighted by atomic mass is 10.0. The van der Waals surface area contributed by atoms with E-state index in [9.17, 15) is 4.79 Å². The predicted octanol–water partition coefficient (Wildman–Crippen LogP) is 4.64. The van der Waals surface area contributed by atoms with Crippen molar-refractivity contribution in [1.29, 1.82) is 0 Å². The van der Waals surface area contributed by atoms with Crippen molar-refractivity contribution in [3.63, 3.8) is 0 Å². The number of nitrogens with zero attached hydrogens (tertiary/aromatic N) is 1. The van der Waals surface area contributed by atoms with Crippen molar-refractivity contribution in [1.82, 2.24) is 4.90 Å². The van der Waals surface area contributed by atoms with Gasteiger partial charge in [-0.2, -0.15) is 11.8 Å². The van der Waals surface area contributed by atoms with Gasteiger partial charge in [0.1, 0.15) is 5.75 Å². The molecule has 0 saturated carbocycles. The quantitative estimate of drug-likeness (QED) is 0.769. The smallest absolute Gasteiger partial charge is 0.222 e. The molecule has 4 heteroatoms. The third-order valence-corrected chi connectivity index (χ3v) is 6.33. The van der Waals surface area contributed by atoms with Crippen LogP contribution < -0.4 is 4.74 Å². The Morgan fingerprint density at radius 1 is 1.15 bits per heavy atom. The molecule has 0 radical (unpaired) electrons. The number of rotatable bonds is 5. The van der Waals surface area contributed by atoms with Crippen molar-refractivity contribution in [3.05, 3.63) is 65.2 Å². The van der Waals surface area contributed by atoms with Gasteiger partial charge in [0, 0.05) is 30.5 Å². The van der Waals surface area contributed by atoms with Crippen molar-refractivity contribution in [2.45, 2.75) is 31.4 Å². The molecule has 1 fully saturated rings. The first-order chi connectivity index (χ1) is 12.7. The number of aryl methyl sites for hydroxylation is 2. The summed E-state index contributed by atoms with van der Waals surface area (Å²) in [4.78, 5) is 14.7. The zero-order valence-electron chi connectivity index (χ0n) is 15.6. The molecule has 0 N–H and O–H groups in total. The molecule has 1 amide bonds. The standard InChI is InChI=1S/C22H27NO2S/c1-17-5-3-4-6-20(17)21-13-14-23(15-16-26-21)22(24)12-9-18-7-10-19(25-2)11-8-18/h3-8,10-11,21H,9,12-16H2,1-2H3/t21-/m0/s1. The number of carbonyl (C=O) groups excluding carboxylic acids is 1. The van der Waals surface area contributed by atoms with E-state index in [1.807, 2.05) is 36.0 Å². The second-order valence-electron chi connectivity index (χ2n) is 6.73. The maximum absolute atomic E-state index is 12.6. The Balaban J connectivity index is 1.53. The van der Waals surface area contributed by atoms with E-state index in [4.69, 9.17) is 4.74 Å². The molecular formula is C22H27NO2S. The van der Waals surface area contributed by atoms with Crippen LogP contribution in [0.25, 0.3) is 0 Å². The minimum Gasteiger partial charge on any atom is -0.497 e. The van der Waals surface area contributed by atoms with Crippen molar-refractivity contribution < 1.29 is 9.53 Å². The average Bonchev–Trinajstić information content (AvgIpc) is 2.93. The summed E-state index contributed by atoms with van der Waals surface area (Å²) in [7, 11) is 1.67. The molecular weight excluding hydrogens is 342 g/mol. The van der Waals surface area contributed by atoms with E-state index in [1.165, 1.54) is 16.7 Å². The van der Waals surface area contributed by atoms with Crippen LogP contribution >= 0.6 is 11.8 Å². The number of hydrogen-bond donors (Lipinski definition) is 0. The van der Waals surface area contributed by atoms with Crippen LogP contribution in [0.5, 0.6) is 5.75 Å². The summed E-state index contributed by atoms with van der Waals surface area (Å²) in [6.07, 6.45) is 2.39. The Hall–Kier alpha value is -1.94. The van der Waals surface area contributed by atoms with Crippen LogP contribution in [0.15, 0.2) is 48.5 Å². The van der Waals surface area contributed by atoms with Crippen LogP contribution in [0.4, 0.5) is 0 Å². The molecule has 0 bridgehead atoms. The number of thioether (sulfide) groups is 1. The van der Waals surface area contributed by atoms with Crippen molar-refractivity contribution in [2.75, 3.05) is 26.0 Å². The van der Waals surface area contributed by atoms with Crippen LogP contribution in [0.1, 0.15) is 34.8 Å². The monoisotopic (exact) mass is 369 g/mol. The van der Waals surface area contributed by atoms with Gasteiger partial charge < -0.3 is 9.64 Å². The number of ether oxygens (including phenoxy) is 1. The molecule has 3 nitrogen and oxygen atoms in total. The van der Waals surface area contributed by atoms with Gasteiger partial charge in [0.15, 0.2) is 0 Å². The van der Waals surface area contributed by atoms with Gasteiger partial charge in [-0.05, 0) is 48.6 Å². The highest BCUT2D eigenvalue weighted by Gasteiger charge is 2.22. The lowest BCUT2D eigenvalue weighted by molar-refractivity contribution is -0.130. The highest BCUT2D eigenvalue weighted by atomic mass is 32.2. The topological polar surface area (TPSA) is 29.5 Å². The Kier molecular flexibility index (Phi) is 6.62. The molecule has 138 valence electrons. The van der Waals surface area contributed by atoms with Gasteiger partial charge in [-0.3, -0.25) is 4.79 Å². The number of benzene rings is 2. The Morgan fingerprint density at radius 2 is 1.92 bits per heavy atom. The van der Waals surface area contributed by atoms with Crippen LogP contribution in [-0.4, -0.2) is 36.8 Å². The van der Waals surface area contributed by atoms with Crippen molar-refractivity contribution in [2.24, 2.45) is 0 Å². The minimum absolute atomic E-state index is 0.270. The molecule has 26 heavy (non-hydrogen) atoms. The minimum atomic E-state index is 0.270. The third-order valence-electron chi connectivity index (χ3n) is 5.02. The van der Waals surface area contributed by atoms with E-state index in [0.717, 1.165) is 37.4 Å². The van der Waals surface area contributed by atoms with Gasteiger partial charge in [0.25, 0.3) is 0 Å². The second-order valence-corrected chi connectivity index (χ2v) is 8.04. The number of carbonyl (C=O) groups is 1. The highest BCUT2D eigenvalue weighted by Crippen LogP contribution is 2.36. The highest BCUT2D eigenvalue weighted by molar-refractivity contribution is 7.99. The summed E-state index contributed by atoms with van der Waals surface area (Å²) in [5.41, 5.74) is 3.95. The molecule has 1 atom stereocenters. The SMILES string of the molecule is COc1ccc(CCC(=O)N2CCS[C@H](c3ccccc3C)CC2)cc1. The number of methoxy groups -OCH3 is 1. The van der Waals surface area contributed by atoms with Crippen molar-refractivity contribution >= 4 is 17.7 Å². The van der Waals surface area contributed by atoms with Gasteiger partial charge in [-0.25, -0.2) is 0 Å². The van der Waals surface area contributed by atoms with Crippen LogP contribution in [0.2, 0.25) is 0 Å². The summed E-state index contributed by atoms with van der Waals surface area (Å²) in [5.74, 6) is 2.13. The molecule has 2 aromatic carbocycles. The summed E-state index contributed by atoms with van der Waals surface area (Å²) in [6.45, 7) is 3.89. The fraction of sp³-hybridized carbons (Fsp3) is 0.409. The van der Waals surface area contributed by atoms with Gasteiger partial charge in [0.05, 0.1) is 7.11 Å². The fourth-order valence-electron chi connectivity index (χ4n) is 3.42. The molecule has 1 heterocycles. The molecule has 1 saturated heterocycles. The zero-order chi connectivity index (χ0) is 18.4. The second kappa shape index (κ2) is 9.13. The molecule has 2 aromatic rings. The summed E-state index contributed by atoms with van der Waals surface area (Å²) in [6, 6.07) is 16.6. The first kappa shape index (κ1) is 18.8. The molecule has 3 rings (SSSR count). The number of hydrogen-bond acceptors (Lipinski definition) is 3. The molecule has 0 unspecified atom stereocenters. The number of amides is 1. The zero-order valence-corrected chi connectivity index (χ0v) is 16.4. The fourth-order valence-corrected chi connectivity index (χ4v) is 4.74. The van der Waals surface area contributed by atoms with E-state index < -0.39 is 0 Å². The van der Waals surface area contributed by atoms with Crippen LogP contribution in [-0.2, 0) is 11.2 Å².